The van der Waals surface area contributed by atoms with Gasteiger partial charge in [0, 0.05) is 12.8 Å². The highest BCUT2D eigenvalue weighted by molar-refractivity contribution is 5.89. The molecule has 0 fully saturated rings. The number of aliphatic carboxylic acids is 1. The molecular formula is C11H14O5. The van der Waals surface area contributed by atoms with Gasteiger partial charge < -0.3 is 14.6 Å². The van der Waals surface area contributed by atoms with Crippen molar-refractivity contribution in [1.82, 2.24) is 0 Å². The van der Waals surface area contributed by atoms with E-state index in [0.29, 0.717) is 12.2 Å². The van der Waals surface area contributed by atoms with Gasteiger partial charge in [0.1, 0.15) is 17.1 Å². The van der Waals surface area contributed by atoms with E-state index in [4.69, 9.17) is 14.6 Å². The van der Waals surface area contributed by atoms with Crippen LogP contribution in [0.1, 0.15) is 41.6 Å². The van der Waals surface area contributed by atoms with Gasteiger partial charge in [-0.1, -0.05) is 6.92 Å². The topological polar surface area (TPSA) is 87.7 Å². The summed E-state index contributed by atoms with van der Waals surface area (Å²) in [6.45, 7) is 1.96. The molecule has 0 aliphatic heterocycles. The predicted molar refractivity (Wildman–Crippen MR) is 55.6 cm³/mol. The molecule has 0 aliphatic carbocycles. The second kappa shape index (κ2) is 5.34. The lowest BCUT2D eigenvalue weighted by molar-refractivity contribution is -0.137. The molecule has 0 radical (unpaired) electrons. The summed E-state index contributed by atoms with van der Waals surface area (Å²) in [6, 6.07) is 1.48. The monoisotopic (exact) mass is 226 g/mol. The fourth-order valence-electron chi connectivity index (χ4n) is 1.44. The maximum absolute atomic E-state index is 10.9. The number of aromatic carboxylic acids is 1. The summed E-state index contributed by atoms with van der Waals surface area (Å²) in [5, 5.41) is 17.4. The molecule has 0 unspecified atom stereocenters. The Bertz CT molecular complexity index is 391. The van der Waals surface area contributed by atoms with Crippen LogP contribution in [0.2, 0.25) is 0 Å². The van der Waals surface area contributed by atoms with Crippen LogP contribution >= 0.6 is 0 Å². The van der Waals surface area contributed by atoms with Crippen molar-refractivity contribution in [1.29, 1.82) is 0 Å². The second-order valence-corrected chi connectivity index (χ2v) is 3.50. The summed E-state index contributed by atoms with van der Waals surface area (Å²) in [4.78, 5) is 21.3. The molecule has 0 spiro atoms. The molecular weight excluding hydrogens is 212 g/mol. The molecule has 2 N–H and O–H groups in total. The van der Waals surface area contributed by atoms with Gasteiger partial charge in [0.25, 0.3) is 0 Å². The molecule has 88 valence electrons. The highest BCUT2D eigenvalue weighted by atomic mass is 16.4. The van der Waals surface area contributed by atoms with Gasteiger partial charge in [-0.2, -0.15) is 0 Å². The fraction of sp³-hybridized carbons (Fsp3) is 0.455. The van der Waals surface area contributed by atoms with Gasteiger partial charge in [0.15, 0.2) is 0 Å². The van der Waals surface area contributed by atoms with Gasteiger partial charge in [-0.3, -0.25) is 4.79 Å². The van der Waals surface area contributed by atoms with Crippen LogP contribution in [-0.2, 0) is 17.6 Å². The lowest BCUT2D eigenvalue weighted by Gasteiger charge is -1.95. The van der Waals surface area contributed by atoms with Gasteiger partial charge in [-0.05, 0) is 12.5 Å². The van der Waals surface area contributed by atoms with Crippen molar-refractivity contribution in [2.75, 3.05) is 0 Å². The van der Waals surface area contributed by atoms with Crippen LogP contribution in [0.4, 0.5) is 0 Å². The zero-order valence-corrected chi connectivity index (χ0v) is 9.02. The maximum Gasteiger partial charge on any atom is 0.339 e. The number of furan rings is 1. The average Bonchev–Trinajstić information content (AvgIpc) is 2.59. The van der Waals surface area contributed by atoms with Crippen molar-refractivity contribution in [3.8, 4) is 0 Å². The summed E-state index contributed by atoms with van der Waals surface area (Å²) in [5.41, 5.74) is 0.0738. The third kappa shape index (κ3) is 3.12. The first-order valence-electron chi connectivity index (χ1n) is 5.11. The maximum atomic E-state index is 10.9. The SMILES string of the molecule is CCCc1cc(C(=O)O)c(CCC(=O)O)o1. The van der Waals surface area contributed by atoms with Gasteiger partial charge in [0.2, 0.25) is 0 Å². The number of aryl methyl sites for hydroxylation is 2. The Hall–Kier alpha value is -1.78. The smallest absolute Gasteiger partial charge is 0.339 e. The number of carbonyl (C=O) groups is 2. The molecule has 5 heteroatoms. The Morgan fingerprint density at radius 3 is 2.50 bits per heavy atom. The third-order valence-electron chi connectivity index (χ3n) is 2.15. The van der Waals surface area contributed by atoms with E-state index in [-0.39, 0.29) is 24.2 Å². The Morgan fingerprint density at radius 2 is 2.00 bits per heavy atom. The Balaban J connectivity index is 2.86. The molecule has 0 atom stereocenters. The first-order chi connectivity index (χ1) is 7.54. The standard InChI is InChI=1S/C11H14O5/c1-2-3-7-6-8(11(14)15)9(16-7)4-5-10(12)13/h6H,2-5H2,1H3,(H,12,13)(H,14,15). The number of hydrogen-bond donors (Lipinski definition) is 2. The molecule has 0 bridgehead atoms. The largest absolute Gasteiger partial charge is 0.481 e. The van der Waals surface area contributed by atoms with Crippen molar-refractivity contribution >= 4 is 11.9 Å². The molecule has 1 heterocycles. The molecule has 0 saturated carbocycles. The lowest BCUT2D eigenvalue weighted by Crippen LogP contribution is -2.02. The van der Waals surface area contributed by atoms with Gasteiger partial charge in [0.05, 0.1) is 6.42 Å². The predicted octanol–water partition coefficient (Wildman–Crippen LogP) is 1.95. The quantitative estimate of drug-likeness (QED) is 0.773. The van der Waals surface area contributed by atoms with Crippen molar-refractivity contribution in [3.05, 3.63) is 23.2 Å². The molecule has 0 saturated heterocycles. The molecule has 1 rings (SSSR count). The van der Waals surface area contributed by atoms with Gasteiger partial charge >= 0.3 is 11.9 Å². The molecule has 0 aromatic carbocycles. The summed E-state index contributed by atoms with van der Waals surface area (Å²) in [7, 11) is 0. The van der Waals surface area contributed by atoms with E-state index in [2.05, 4.69) is 0 Å². The minimum absolute atomic E-state index is 0.0738. The first-order valence-corrected chi connectivity index (χ1v) is 5.11. The normalized spacial score (nSPS) is 10.3. The number of carboxylic acids is 2. The lowest BCUT2D eigenvalue weighted by atomic mass is 10.1. The van der Waals surface area contributed by atoms with Gasteiger partial charge in [-0.15, -0.1) is 0 Å². The highest BCUT2D eigenvalue weighted by Crippen LogP contribution is 2.18. The average molecular weight is 226 g/mol. The van der Waals surface area contributed by atoms with Crippen LogP contribution in [0.5, 0.6) is 0 Å². The van der Waals surface area contributed by atoms with Crippen LogP contribution in [-0.4, -0.2) is 22.2 Å². The summed E-state index contributed by atoms with van der Waals surface area (Å²) < 4.78 is 5.32. The summed E-state index contributed by atoms with van der Waals surface area (Å²) in [6.07, 6.45) is 1.50. The minimum Gasteiger partial charge on any atom is -0.481 e. The summed E-state index contributed by atoms with van der Waals surface area (Å²) in [5.74, 6) is -1.20. The first kappa shape index (κ1) is 12.3. The zero-order chi connectivity index (χ0) is 12.1. The van der Waals surface area contributed by atoms with Crippen LogP contribution in [0.25, 0.3) is 0 Å². The Kier molecular flexibility index (Phi) is 4.10. The zero-order valence-electron chi connectivity index (χ0n) is 9.02. The number of rotatable bonds is 6. The molecule has 5 nitrogen and oxygen atoms in total. The third-order valence-corrected chi connectivity index (χ3v) is 2.15. The van der Waals surface area contributed by atoms with E-state index >= 15 is 0 Å². The van der Waals surface area contributed by atoms with Crippen LogP contribution < -0.4 is 0 Å². The van der Waals surface area contributed by atoms with E-state index in [1.54, 1.807) is 0 Å². The van der Waals surface area contributed by atoms with E-state index < -0.39 is 11.9 Å². The van der Waals surface area contributed by atoms with E-state index in [9.17, 15) is 9.59 Å². The van der Waals surface area contributed by atoms with Gasteiger partial charge in [-0.25, -0.2) is 4.79 Å². The van der Waals surface area contributed by atoms with Crippen LogP contribution in [0, 0.1) is 0 Å². The second-order valence-electron chi connectivity index (χ2n) is 3.50. The van der Waals surface area contributed by atoms with E-state index in [1.807, 2.05) is 6.92 Å². The number of carboxylic acid groups (broad SMARTS) is 2. The van der Waals surface area contributed by atoms with Crippen molar-refractivity contribution in [3.63, 3.8) is 0 Å². The molecule has 0 amide bonds. The van der Waals surface area contributed by atoms with E-state index in [0.717, 1.165) is 6.42 Å². The Labute approximate surface area is 92.7 Å². The van der Waals surface area contributed by atoms with Crippen molar-refractivity contribution < 1.29 is 24.2 Å². The molecule has 1 aromatic rings. The van der Waals surface area contributed by atoms with Crippen molar-refractivity contribution in [2.24, 2.45) is 0 Å². The minimum atomic E-state index is -1.08. The van der Waals surface area contributed by atoms with E-state index in [1.165, 1.54) is 6.07 Å². The molecule has 0 aliphatic rings. The van der Waals surface area contributed by atoms with Crippen molar-refractivity contribution in [2.45, 2.75) is 32.6 Å². The molecule has 1 aromatic heterocycles. The summed E-state index contributed by atoms with van der Waals surface area (Å²) >= 11 is 0. The highest BCUT2D eigenvalue weighted by Gasteiger charge is 2.17. The van der Waals surface area contributed by atoms with Crippen LogP contribution in [0.3, 0.4) is 0 Å². The number of hydrogen-bond acceptors (Lipinski definition) is 3. The fourth-order valence-corrected chi connectivity index (χ4v) is 1.44. The Morgan fingerprint density at radius 1 is 1.31 bits per heavy atom. The van der Waals surface area contributed by atoms with Crippen LogP contribution in [0.15, 0.2) is 10.5 Å². The molecule has 16 heavy (non-hydrogen) atoms.